The van der Waals surface area contributed by atoms with Gasteiger partial charge >= 0.3 is 0 Å². The molecule has 0 radical (unpaired) electrons. The number of aryl methyl sites for hydroxylation is 1. The summed E-state index contributed by atoms with van der Waals surface area (Å²) < 4.78 is 0. The van der Waals surface area contributed by atoms with Crippen molar-refractivity contribution in [3.05, 3.63) is 102 Å². The van der Waals surface area contributed by atoms with E-state index in [1.165, 1.54) is 32.3 Å². The van der Waals surface area contributed by atoms with E-state index in [2.05, 4.69) is 83.6 Å². The zero-order chi connectivity index (χ0) is 18.2. The molecule has 0 aliphatic heterocycles. The van der Waals surface area contributed by atoms with Gasteiger partial charge in [-0.3, -0.25) is 4.98 Å². The van der Waals surface area contributed by atoms with Crippen LogP contribution in [-0.2, 0) is 0 Å². The number of nitrogens with zero attached hydrogens (tertiary/aromatic N) is 1. The summed E-state index contributed by atoms with van der Waals surface area (Å²) in [5, 5.41) is 7.67. The van der Waals surface area contributed by atoms with Gasteiger partial charge in [-0.1, -0.05) is 66.4 Å². The van der Waals surface area contributed by atoms with Crippen LogP contribution in [0, 0.1) is 18.8 Å². The molecule has 1 heteroatoms. The van der Waals surface area contributed by atoms with E-state index < -0.39 is 0 Å². The molecule has 5 aromatic rings. The van der Waals surface area contributed by atoms with E-state index in [4.69, 9.17) is 0 Å². The van der Waals surface area contributed by atoms with E-state index in [9.17, 15) is 0 Å². The van der Waals surface area contributed by atoms with Crippen LogP contribution in [0.15, 0.2) is 85.1 Å². The van der Waals surface area contributed by atoms with Crippen LogP contribution in [0.4, 0.5) is 0 Å². The smallest absolute Gasteiger partial charge is 0.0385 e. The maximum atomic E-state index is 4.23. The maximum absolute atomic E-state index is 4.23. The molecular formula is C26H17N. The standard InChI is InChI=1S/C26H17N/c1-18-16-20(14-15-27-18)11-10-19-12-13-25-23-8-3-2-6-21(23)22-7-4-5-9-24(22)26(25)17-19/h2-9,12-17H,1H3. The van der Waals surface area contributed by atoms with Gasteiger partial charge in [0.2, 0.25) is 0 Å². The minimum atomic E-state index is 0.984. The van der Waals surface area contributed by atoms with Gasteiger partial charge in [0, 0.05) is 23.0 Å². The van der Waals surface area contributed by atoms with Gasteiger partial charge in [-0.25, -0.2) is 0 Å². The quantitative estimate of drug-likeness (QED) is 0.239. The second kappa shape index (κ2) is 6.27. The van der Waals surface area contributed by atoms with E-state index in [0.29, 0.717) is 0 Å². The summed E-state index contributed by atoms with van der Waals surface area (Å²) in [5.74, 6) is 6.58. The third-order valence-electron chi connectivity index (χ3n) is 4.99. The molecule has 0 bridgehead atoms. The summed E-state index contributed by atoms with van der Waals surface area (Å²) in [6.45, 7) is 1.98. The Kier molecular flexibility index (Phi) is 3.62. The molecule has 0 atom stereocenters. The lowest BCUT2D eigenvalue weighted by molar-refractivity contribution is 1.19. The van der Waals surface area contributed by atoms with Crippen LogP contribution in [0.5, 0.6) is 0 Å². The van der Waals surface area contributed by atoms with E-state index in [-0.39, 0.29) is 0 Å². The molecule has 1 nitrogen and oxygen atoms in total. The molecule has 0 unspecified atom stereocenters. The summed E-state index contributed by atoms with van der Waals surface area (Å²) >= 11 is 0. The molecule has 1 aromatic heterocycles. The second-order valence-electron chi connectivity index (χ2n) is 6.79. The summed E-state index contributed by atoms with van der Waals surface area (Å²) in [6, 6.07) is 27.7. The van der Waals surface area contributed by atoms with Gasteiger partial charge in [0.1, 0.15) is 0 Å². The van der Waals surface area contributed by atoms with Crippen molar-refractivity contribution in [1.82, 2.24) is 4.98 Å². The minimum Gasteiger partial charge on any atom is -0.262 e. The van der Waals surface area contributed by atoms with Crippen LogP contribution in [0.1, 0.15) is 16.8 Å². The van der Waals surface area contributed by atoms with E-state index in [1.807, 2.05) is 19.1 Å². The Morgan fingerprint density at radius 3 is 1.67 bits per heavy atom. The van der Waals surface area contributed by atoms with Crippen molar-refractivity contribution in [2.45, 2.75) is 6.92 Å². The Bertz CT molecular complexity index is 1350. The van der Waals surface area contributed by atoms with Crippen LogP contribution >= 0.6 is 0 Å². The predicted octanol–water partition coefficient (Wildman–Crippen LogP) is 6.25. The number of rotatable bonds is 0. The Labute approximate surface area is 158 Å². The Morgan fingerprint density at radius 1 is 0.556 bits per heavy atom. The molecular weight excluding hydrogens is 326 g/mol. The van der Waals surface area contributed by atoms with Crippen molar-refractivity contribution in [2.75, 3.05) is 0 Å². The predicted molar refractivity (Wildman–Crippen MR) is 114 cm³/mol. The van der Waals surface area contributed by atoms with Gasteiger partial charge in [-0.05, 0) is 63.5 Å². The lowest BCUT2D eigenvalue weighted by atomic mass is 9.93. The first-order chi connectivity index (χ1) is 13.3. The highest BCUT2D eigenvalue weighted by Crippen LogP contribution is 2.35. The van der Waals surface area contributed by atoms with E-state index >= 15 is 0 Å². The number of aromatic nitrogens is 1. The van der Waals surface area contributed by atoms with Crippen molar-refractivity contribution in [3.8, 4) is 11.8 Å². The van der Waals surface area contributed by atoms with Crippen molar-refractivity contribution >= 4 is 32.3 Å². The fourth-order valence-electron chi connectivity index (χ4n) is 3.75. The zero-order valence-corrected chi connectivity index (χ0v) is 15.0. The number of hydrogen-bond acceptors (Lipinski definition) is 1. The average molecular weight is 343 g/mol. The Hall–Kier alpha value is -3.63. The van der Waals surface area contributed by atoms with Crippen LogP contribution in [0.25, 0.3) is 32.3 Å². The van der Waals surface area contributed by atoms with Crippen LogP contribution in [0.2, 0.25) is 0 Å². The van der Waals surface area contributed by atoms with Gasteiger partial charge in [0.05, 0.1) is 0 Å². The minimum absolute atomic E-state index is 0.984. The average Bonchev–Trinajstić information content (AvgIpc) is 2.72. The normalized spacial score (nSPS) is 10.9. The highest BCUT2D eigenvalue weighted by molar-refractivity contribution is 6.25. The van der Waals surface area contributed by atoms with E-state index in [1.54, 1.807) is 6.20 Å². The molecule has 0 spiro atoms. The molecule has 27 heavy (non-hydrogen) atoms. The monoisotopic (exact) mass is 343 g/mol. The molecule has 0 N–H and O–H groups in total. The molecule has 4 aromatic carbocycles. The highest BCUT2D eigenvalue weighted by Gasteiger charge is 2.07. The molecule has 0 saturated carbocycles. The van der Waals surface area contributed by atoms with Gasteiger partial charge < -0.3 is 0 Å². The fraction of sp³-hybridized carbons (Fsp3) is 0.0385. The molecule has 0 saturated heterocycles. The Morgan fingerprint density at radius 2 is 1.07 bits per heavy atom. The first-order valence-electron chi connectivity index (χ1n) is 9.07. The first kappa shape index (κ1) is 15.6. The van der Waals surface area contributed by atoms with Crippen LogP contribution in [-0.4, -0.2) is 4.98 Å². The number of benzene rings is 4. The summed E-state index contributed by atoms with van der Waals surface area (Å²) in [4.78, 5) is 4.23. The maximum Gasteiger partial charge on any atom is 0.0385 e. The molecule has 126 valence electrons. The van der Waals surface area contributed by atoms with Crippen molar-refractivity contribution < 1.29 is 0 Å². The molecule has 0 aliphatic carbocycles. The fourth-order valence-corrected chi connectivity index (χ4v) is 3.75. The van der Waals surface area contributed by atoms with Gasteiger partial charge in [-0.2, -0.15) is 0 Å². The number of fused-ring (bicyclic) bond motifs is 6. The lowest BCUT2D eigenvalue weighted by Gasteiger charge is -2.10. The largest absolute Gasteiger partial charge is 0.262 e. The molecule has 5 rings (SSSR count). The summed E-state index contributed by atoms with van der Waals surface area (Å²) in [5.41, 5.74) is 3.00. The Balaban J connectivity index is 1.77. The van der Waals surface area contributed by atoms with Crippen molar-refractivity contribution in [2.24, 2.45) is 0 Å². The van der Waals surface area contributed by atoms with Crippen LogP contribution < -0.4 is 0 Å². The third-order valence-corrected chi connectivity index (χ3v) is 4.99. The van der Waals surface area contributed by atoms with E-state index in [0.717, 1.165) is 16.8 Å². The molecule has 0 aliphatic rings. The first-order valence-corrected chi connectivity index (χ1v) is 9.07. The van der Waals surface area contributed by atoms with Gasteiger partial charge in [-0.15, -0.1) is 0 Å². The molecule has 0 fully saturated rings. The van der Waals surface area contributed by atoms with Crippen molar-refractivity contribution in [1.29, 1.82) is 0 Å². The third kappa shape index (κ3) is 2.72. The summed E-state index contributed by atoms with van der Waals surface area (Å²) in [7, 11) is 0. The van der Waals surface area contributed by atoms with Crippen LogP contribution in [0.3, 0.4) is 0 Å². The van der Waals surface area contributed by atoms with Crippen molar-refractivity contribution in [3.63, 3.8) is 0 Å². The molecule has 1 heterocycles. The highest BCUT2D eigenvalue weighted by atomic mass is 14.6. The topological polar surface area (TPSA) is 12.9 Å². The number of hydrogen-bond donors (Lipinski definition) is 0. The van der Waals surface area contributed by atoms with Gasteiger partial charge in [0.25, 0.3) is 0 Å². The SMILES string of the molecule is Cc1cc(C#Cc2ccc3c4ccccc4c4ccccc4c3c2)ccn1. The molecule has 0 amide bonds. The second-order valence-corrected chi connectivity index (χ2v) is 6.79. The lowest BCUT2D eigenvalue weighted by Crippen LogP contribution is -1.85. The number of pyridine rings is 1. The summed E-state index contributed by atoms with van der Waals surface area (Å²) in [6.07, 6.45) is 1.80. The zero-order valence-electron chi connectivity index (χ0n) is 15.0. The van der Waals surface area contributed by atoms with Gasteiger partial charge in [0.15, 0.2) is 0 Å².